The molecule has 0 spiro atoms. The van der Waals surface area contributed by atoms with Gasteiger partial charge in [-0.15, -0.1) is 5.10 Å². The van der Waals surface area contributed by atoms with Gasteiger partial charge in [-0.3, -0.25) is 4.98 Å². The Morgan fingerprint density at radius 2 is 1.73 bits per heavy atom. The topological polar surface area (TPSA) is 98.7 Å². The number of fused-ring (bicyclic) bond motifs is 6. The lowest BCUT2D eigenvalue weighted by molar-refractivity contribution is 0.422. The van der Waals surface area contributed by atoms with Gasteiger partial charge < -0.3 is 14.1 Å². The summed E-state index contributed by atoms with van der Waals surface area (Å²) in [5.74, 6) is 0.737. The molecule has 37 heavy (non-hydrogen) atoms. The monoisotopic (exact) mass is 488 g/mol. The van der Waals surface area contributed by atoms with Gasteiger partial charge in [0.25, 0.3) is 0 Å². The van der Waals surface area contributed by atoms with Gasteiger partial charge in [0.05, 0.1) is 22.4 Å². The van der Waals surface area contributed by atoms with Crippen LogP contribution in [0.1, 0.15) is 22.6 Å². The van der Waals surface area contributed by atoms with Gasteiger partial charge in [0.1, 0.15) is 17.6 Å². The van der Waals surface area contributed by atoms with E-state index in [1.165, 1.54) is 0 Å². The van der Waals surface area contributed by atoms with Gasteiger partial charge in [-0.1, -0.05) is 30.3 Å². The summed E-state index contributed by atoms with van der Waals surface area (Å²) in [6.07, 6.45) is 3.26. The molecule has 5 heterocycles. The van der Waals surface area contributed by atoms with E-state index in [1.807, 2.05) is 79.7 Å². The molecule has 6 aromatic rings. The number of pyridine rings is 1. The zero-order valence-corrected chi connectivity index (χ0v) is 20.0. The highest BCUT2D eigenvalue weighted by Gasteiger charge is 2.37. The number of aromatic nitrogens is 5. The number of ether oxygens (including phenoxy) is 1. The fraction of sp³-hybridized carbons (Fsp3) is 0.107. The van der Waals surface area contributed by atoms with Gasteiger partial charge in [0.15, 0.2) is 11.4 Å². The normalized spacial score (nSPS) is 14.3. The fourth-order valence-corrected chi connectivity index (χ4v) is 4.83. The summed E-state index contributed by atoms with van der Waals surface area (Å²) in [4.78, 5) is 29.3. The molecule has 1 unspecified atom stereocenters. The van der Waals surface area contributed by atoms with Crippen molar-refractivity contribution in [2.75, 3.05) is 19.0 Å². The average Bonchev–Trinajstić information content (AvgIpc) is 3.37. The summed E-state index contributed by atoms with van der Waals surface area (Å²) in [6, 6.07) is 21.0. The Hall–Kier alpha value is -5.05. The molecule has 0 N–H and O–H groups in total. The Balaban J connectivity index is 1.53. The number of para-hydroxylation sites is 1. The van der Waals surface area contributed by atoms with Crippen LogP contribution in [0.2, 0.25) is 0 Å². The predicted octanol–water partition coefficient (Wildman–Crippen LogP) is 4.64. The second-order valence-electron chi connectivity index (χ2n) is 9.03. The van der Waals surface area contributed by atoms with Crippen LogP contribution in [-0.4, -0.2) is 38.7 Å². The zero-order chi connectivity index (χ0) is 25.1. The first kappa shape index (κ1) is 21.3. The molecule has 9 heteroatoms. The van der Waals surface area contributed by atoms with Crippen LogP contribution in [0.3, 0.4) is 0 Å². The molecule has 0 bridgehead atoms. The van der Waals surface area contributed by atoms with E-state index in [9.17, 15) is 4.79 Å². The molecular weight excluding hydrogens is 468 g/mol. The van der Waals surface area contributed by atoms with Gasteiger partial charge in [0, 0.05) is 26.0 Å². The third-order valence-electron chi connectivity index (χ3n) is 6.60. The molecule has 0 saturated heterocycles. The Kier molecular flexibility index (Phi) is 4.59. The van der Waals surface area contributed by atoms with Crippen LogP contribution in [0.5, 0.6) is 11.6 Å². The maximum absolute atomic E-state index is 13.5. The van der Waals surface area contributed by atoms with Crippen molar-refractivity contribution in [3.63, 3.8) is 0 Å². The van der Waals surface area contributed by atoms with Gasteiger partial charge in [-0.25, -0.2) is 19.3 Å². The summed E-state index contributed by atoms with van der Waals surface area (Å²) >= 11 is 0. The van der Waals surface area contributed by atoms with Crippen LogP contribution in [0, 0.1) is 0 Å². The van der Waals surface area contributed by atoms with E-state index < -0.39 is 11.5 Å². The molecule has 0 amide bonds. The number of rotatable bonds is 3. The Morgan fingerprint density at radius 1 is 0.919 bits per heavy atom. The van der Waals surface area contributed by atoms with E-state index in [2.05, 4.69) is 15.1 Å². The average molecular weight is 489 g/mol. The van der Waals surface area contributed by atoms with Crippen molar-refractivity contribution < 1.29 is 9.15 Å². The van der Waals surface area contributed by atoms with Crippen LogP contribution in [0.4, 0.5) is 5.69 Å². The highest BCUT2D eigenvalue weighted by molar-refractivity contribution is 5.87. The Morgan fingerprint density at radius 3 is 2.51 bits per heavy atom. The van der Waals surface area contributed by atoms with Crippen LogP contribution in [0.15, 0.2) is 88.5 Å². The van der Waals surface area contributed by atoms with Crippen molar-refractivity contribution in [1.82, 2.24) is 24.6 Å². The minimum absolute atomic E-state index is 0.373. The predicted molar refractivity (Wildman–Crippen MR) is 138 cm³/mol. The molecule has 0 saturated carbocycles. The van der Waals surface area contributed by atoms with Crippen molar-refractivity contribution in [3.8, 4) is 23.1 Å². The van der Waals surface area contributed by atoms with E-state index in [0.29, 0.717) is 50.9 Å². The van der Waals surface area contributed by atoms with E-state index >= 15 is 0 Å². The summed E-state index contributed by atoms with van der Waals surface area (Å²) in [5.41, 5.74) is 4.13. The molecule has 2 aromatic carbocycles. The first-order valence-electron chi connectivity index (χ1n) is 11.8. The highest BCUT2D eigenvalue weighted by Crippen LogP contribution is 2.48. The maximum Gasteiger partial charge on any atom is 0.344 e. The summed E-state index contributed by atoms with van der Waals surface area (Å²) < 4.78 is 13.7. The fourth-order valence-electron chi connectivity index (χ4n) is 4.83. The second-order valence-corrected chi connectivity index (χ2v) is 9.03. The smallest absolute Gasteiger partial charge is 0.344 e. The minimum Gasteiger partial charge on any atom is -0.437 e. The minimum atomic E-state index is -0.534. The molecule has 0 aliphatic carbocycles. The van der Waals surface area contributed by atoms with E-state index in [1.54, 1.807) is 23.1 Å². The van der Waals surface area contributed by atoms with E-state index in [4.69, 9.17) is 14.1 Å². The number of nitrogens with zero attached hydrogens (tertiary/aromatic N) is 6. The number of benzene rings is 2. The Labute approximate surface area is 210 Å². The van der Waals surface area contributed by atoms with Gasteiger partial charge >= 0.3 is 5.63 Å². The van der Waals surface area contributed by atoms with Crippen LogP contribution in [-0.2, 0) is 0 Å². The first-order valence-corrected chi connectivity index (χ1v) is 11.8. The molecule has 1 aliphatic rings. The third-order valence-corrected chi connectivity index (χ3v) is 6.60. The number of hydrogen-bond acceptors (Lipinski definition) is 8. The van der Waals surface area contributed by atoms with Gasteiger partial charge in [-0.05, 0) is 42.0 Å². The second kappa shape index (κ2) is 7.99. The van der Waals surface area contributed by atoms with Crippen molar-refractivity contribution in [3.05, 3.63) is 106 Å². The molecule has 1 atom stereocenters. The first-order chi connectivity index (χ1) is 18.1. The van der Waals surface area contributed by atoms with Crippen molar-refractivity contribution in [2.45, 2.75) is 5.92 Å². The number of hydrogen-bond donors (Lipinski definition) is 0. The van der Waals surface area contributed by atoms with Crippen LogP contribution in [0.25, 0.3) is 28.1 Å². The lowest BCUT2D eigenvalue weighted by atomic mass is 9.84. The third kappa shape index (κ3) is 3.28. The quantitative estimate of drug-likeness (QED) is 0.332. The maximum atomic E-state index is 13.5. The van der Waals surface area contributed by atoms with E-state index in [-0.39, 0.29) is 0 Å². The van der Waals surface area contributed by atoms with Crippen LogP contribution >= 0.6 is 0 Å². The zero-order valence-electron chi connectivity index (χ0n) is 20.0. The number of anilines is 1. The van der Waals surface area contributed by atoms with Gasteiger partial charge in [-0.2, -0.15) is 0 Å². The Bertz CT molecular complexity index is 1860. The van der Waals surface area contributed by atoms with Crippen LogP contribution < -0.4 is 15.3 Å². The van der Waals surface area contributed by atoms with Crippen molar-refractivity contribution in [1.29, 1.82) is 0 Å². The molecule has 4 aromatic heterocycles. The summed E-state index contributed by atoms with van der Waals surface area (Å²) in [6.45, 7) is 0. The molecule has 1 aliphatic heterocycles. The van der Waals surface area contributed by atoms with Crippen molar-refractivity contribution in [2.24, 2.45) is 0 Å². The lowest BCUT2D eigenvalue weighted by Crippen LogP contribution is -2.22. The molecule has 9 nitrogen and oxygen atoms in total. The van der Waals surface area contributed by atoms with E-state index in [0.717, 1.165) is 11.3 Å². The highest BCUT2D eigenvalue weighted by atomic mass is 16.5. The summed E-state index contributed by atoms with van der Waals surface area (Å²) in [7, 11) is 3.97. The summed E-state index contributed by atoms with van der Waals surface area (Å²) in [5, 5.41) is 5.31. The molecule has 0 fully saturated rings. The van der Waals surface area contributed by atoms with Crippen molar-refractivity contribution >= 4 is 22.3 Å². The standard InChI is InChI=1S/C28H20N6O3/c1-33(2)17-12-10-16(11-13-17)21-22-24(18-7-3-4-9-20(18)36-28(22)35)37-27-23(21)26-31-25(32-34(26)15-30-27)19-8-5-6-14-29-19/h3-15,21H,1-2H3. The SMILES string of the molecule is CN(C)c1ccc(C2c3c(c4ccccc4oc3=O)Oc3ncn4nc(-c5ccccn5)nc4c32)cc1. The molecular formula is C28H20N6O3. The molecule has 0 radical (unpaired) electrons. The largest absolute Gasteiger partial charge is 0.437 e. The lowest BCUT2D eigenvalue weighted by Gasteiger charge is -2.27. The molecule has 7 rings (SSSR count). The molecule has 180 valence electrons. The van der Waals surface area contributed by atoms with Gasteiger partial charge in [0.2, 0.25) is 11.7 Å².